The van der Waals surface area contributed by atoms with Gasteiger partial charge in [0.1, 0.15) is 15.0 Å². The fraction of sp³-hybridized carbons (Fsp3) is 0.294. The molecule has 0 fully saturated rings. The van der Waals surface area contributed by atoms with Gasteiger partial charge in [-0.15, -0.1) is 0 Å². The van der Waals surface area contributed by atoms with Crippen LogP contribution in [0.25, 0.3) is 0 Å². The predicted octanol–water partition coefficient (Wildman–Crippen LogP) is 5.57. The van der Waals surface area contributed by atoms with Crippen molar-refractivity contribution in [2.75, 3.05) is 5.32 Å². The average Bonchev–Trinajstić information content (AvgIpc) is 2.93. The highest BCUT2D eigenvalue weighted by Crippen LogP contribution is 2.32. The van der Waals surface area contributed by atoms with E-state index >= 15 is 0 Å². The molecule has 0 bridgehead atoms. The molecule has 1 N–H and O–H groups in total. The summed E-state index contributed by atoms with van der Waals surface area (Å²) in [6.45, 7) is 4.29. The Morgan fingerprint density at radius 3 is 2.73 bits per heavy atom. The number of pyridine rings is 1. The van der Waals surface area contributed by atoms with Crippen molar-refractivity contribution in [1.82, 2.24) is 4.98 Å². The Balaban J connectivity index is 1.81. The van der Waals surface area contributed by atoms with Crippen LogP contribution in [-0.4, -0.2) is 10.8 Å². The number of anilines is 1. The van der Waals surface area contributed by atoms with E-state index in [-0.39, 0.29) is 6.04 Å². The Kier molecular flexibility index (Phi) is 4.64. The maximum atomic E-state index is 4.86. The van der Waals surface area contributed by atoms with Gasteiger partial charge in [-0.25, -0.2) is 4.98 Å². The summed E-state index contributed by atoms with van der Waals surface area (Å²) in [7, 11) is 0. The van der Waals surface area contributed by atoms with Crippen molar-refractivity contribution in [3.05, 3.63) is 56.2 Å². The molecule has 1 aliphatic rings. The Hall–Kier alpha value is -1.20. The summed E-state index contributed by atoms with van der Waals surface area (Å²) >= 11 is 6.84. The first-order chi connectivity index (χ1) is 10.5. The Morgan fingerprint density at radius 1 is 1.14 bits per heavy atom. The largest absolute Gasteiger partial charge is 0.342 e. The number of aliphatic imine (C=N–C) groups is 1. The number of hydrogen-bond acceptors (Lipinski definition) is 3. The van der Waals surface area contributed by atoms with Gasteiger partial charge in [0.15, 0.2) is 0 Å². The smallest absolute Gasteiger partial charge is 0.130 e. The molecule has 2 heterocycles. The number of aryl methyl sites for hydroxylation is 2. The highest BCUT2D eigenvalue weighted by Gasteiger charge is 2.21. The van der Waals surface area contributed by atoms with Gasteiger partial charge in [0.05, 0.1) is 11.7 Å². The zero-order valence-electron chi connectivity index (χ0n) is 12.5. The topological polar surface area (TPSA) is 37.3 Å². The minimum Gasteiger partial charge on any atom is -0.342 e. The number of rotatable bonds is 2. The van der Waals surface area contributed by atoms with E-state index in [4.69, 9.17) is 4.99 Å². The van der Waals surface area contributed by atoms with Gasteiger partial charge in [-0.3, -0.25) is 4.99 Å². The SMILES string of the molecule is Cc1ccc(C)c(C2CCC(Nc3ccc(Br)nc3Br)=N2)c1. The third-order valence-corrected chi connectivity index (χ3v) is 4.90. The Bertz CT molecular complexity index is 741. The summed E-state index contributed by atoms with van der Waals surface area (Å²) in [5.41, 5.74) is 4.89. The summed E-state index contributed by atoms with van der Waals surface area (Å²) < 4.78 is 1.60. The second-order valence-electron chi connectivity index (χ2n) is 5.59. The molecule has 0 saturated heterocycles. The van der Waals surface area contributed by atoms with Gasteiger partial charge >= 0.3 is 0 Å². The van der Waals surface area contributed by atoms with Crippen molar-refractivity contribution in [2.45, 2.75) is 32.7 Å². The molecule has 0 spiro atoms. The van der Waals surface area contributed by atoms with Crippen molar-refractivity contribution < 1.29 is 0 Å². The van der Waals surface area contributed by atoms with E-state index < -0.39 is 0 Å². The Morgan fingerprint density at radius 2 is 1.95 bits per heavy atom. The molecule has 114 valence electrons. The standard InChI is InChI=1S/C17H17Br2N3/c1-10-3-4-11(2)12(9-10)13-6-8-16(20-13)21-14-5-7-15(18)22-17(14)19/h3-5,7,9,13H,6,8H2,1-2H3,(H,20,21). The first-order valence-corrected chi connectivity index (χ1v) is 8.84. The predicted molar refractivity (Wildman–Crippen MR) is 98.6 cm³/mol. The first kappa shape index (κ1) is 15.7. The zero-order valence-corrected chi connectivity index (χ0v) is 15.7. The molecule has 1 aromatic carbocycles. The molecular weight excluding hydrogens is 406 g/mol. The van der Waals surface area contributed by atoms with Crippen LogP contribution in [0.1, 0.15) is 35.6 Å². The third-order valence-electron chi connectivity index (χ3n) is 3.85. The van der Waals surface area contributed by atoms with Gasteiger partial charge in [-0.05, 0) is 75.4 Å². The maximum Gasteiger partial charge on any atom is 0.130 e. The lowest BCUT2D eigenvalue weighted by Gasteiger charge is -2.11. The summed E-state index contributed by atoms with van der Waals surface area (Å²) in [6, 6.07) is 10.8. The van der Waals surface area contributed by atoms with Crippen molar-refractivity contribution in [1.29, 1.82) is 0 Å². The van der Waals surface area contributed by atoms with Gasteiger partial charge < -0.3 is 5.32 Å². The van der Waals surface area contributed by atoms with Crippen molar-refractivity contribution in [2.24, 2.45) is 4.99 Å². The van der Waals surface area contributed by atoms with Gasteiger partial charge in [-0.2, -0.15) is 0 Å². The quantitative estimate of drug-likeness (QED) is 0.642. The molecule has 0 saturated carbocycles. The highest BCUT2D eigenvalue weighted by molar-refractivity contribution is 9.11. The summed E-state index contributed by atoms with van der Waals surface area (Å²) in [5, 5.41) is 3.39. The third kappa shape index (κ3) is 3.41. The van der Waals surface area contributed by atoms with E-state index in [2.05, 4.69) is 74.2 Å². The second-order valence-corrected chi connectivity index (χ2v) is 7.15. The minimum atomic E-state index is 0.254. The van der Waals surface area contributed by atoms with Gasteiger partial charge in [-0.1, -0.05) is 23.8 Å². The molecular formula is C17H17Br2N3. The van der Waals surface area contributed by atoms with Crippen LogP contribution >= 0.6 is 31.9 Å². The maximum absolute atomic E-state index is 4.86. The molecule has 3 nitrogen and oxygen atoms in total. The van der Waals surface area contributed by atoms with Crippen molar-refractivity contribution >= 4 is 43.4 Å². The number of nitrogens with zero attached hydrogens (tertiary/aromatic N) is 2. The van der Waals surface area contributed by atoms with Crippen LogP contribution in [0.15, 0.2) is 44.5 Å². The van der Waals surface area contributed by atoms with Crippen LogP contribution in [0.3, 0.4) is 0 Å². The highest BCUT2D eigenvalue weighted by atomic mass is 79.9. The number of aromatic nitrogens is 1. The monoisotopic (exact) mass is 421 g/mol. The molecule has 0 amide bonds. The lowest BCUT2D eigenvalue weighted by Crippen LogP contribution is -2.09. The van der Waals surface area contributed by atoms with Gasteiger partial charge in [0, 0.05) is 6.42 Å². The van der Waals surface area contributed by atoms with Crippen LogP contribution in [0.4, 0.5) is 5.69 Å². The number of benzene rings is 1. The molecule has 0 aliphatic carbocycles. The normalized spacial score (nSPS) is 17.5. The fourth-order valence-corrected chi connectivity index (χ4v) is 3.66. The molecule has 0 radical (unpaired) electrons. The molecule has 1 atom stereocenters. The van der Waals surface area contributed by atoms with Crippen LogP contribution in [0.5, 0.6) is 0 Å². The van der Waals surface area contributed by atoms with E-state index in [9.17, 15) is 0 Å². The van der Waals surface area contributed by atoms with E-state index in [0.29, 0.717) is 0 Å². The van der Waals surface area contributed by atoms with E-state index in [1.54, 1.807) is 0 Å². The van der Waals surface area contributed by atoms with E-state index in [0.717, 1.165) is 33.6 Å². The summed E-state index contributed by atoms with van der Waals surface area (Å²) in [5.74, 6) is 1.02. The molecule has 3 rings (SSSR count). The number of nitrogens with one attached hydrogen (secondary N) is 1. The molecule has 22 heavy (non-hydrogen) atoms. The van der Waals surface area contributed by atoms with Crippen molar-refractivity contribution in [3.8, 4) is 0 Å². The van der Waals surface area contributed by atoms with Crippen molar-refractivity contribution in [3.63, 3.8) is 0 Å². The van der Waals surface area contributed by atoms with Crippen LogP contribution in [0.2, 0.25) is 0 Å². The van der Waals surface area contributed by atoms with E-state index in [1.807, 2.05) is 12.1 Å². The molecule has 1 aromatic heterocycles. The number of halogens is 2. The second kappa shape index (κ2) is 6.50. The fourth-order valence-electron chi connectivity index (χ4n) is 2.69. The average molecular weight is 423 g/mol. The number of hydrogen-bond donors (Lipinski definition) is 1. The Labute approximate surface area is 147 Å². The van der Waals surface area contributed by atoms with E-state index in [1.165, 1.54) is 16.7 Å². The number of amidine groups is 1. The molecule has 1 unspecified atom stereocenters. The summed E-state index contributed by atoms with van der Waals surface area (Å²) in [4.78, 5) is 9.20. The van der Waals surface area contributed by atoms with Gasteiger partial charge in [0.2, 0.25) is 0 Å². The zero-order chi connectivity index (χ0) is 15.7. The lowest BCUT2D eigenvalue weighted by molar-refractivity contribution is 0.717. The lowest BCUT2D eigenvalue weighted by atomic mass is 9.98. The first-order valence-electron chi connectivity index (χ1n) is 7.26. The minimum absolute atomic E-state index is 0.254. The van der Waals surface area contributed by atoms with Gasteiger partial charge in [0.25, 0.3) is 0 Å². The van der Waals surface area contributed by atoms with Crippen LogP contribution in [-0.2, 0) is 0 Å². The van der Waals surface area contributed by atoms with Crippen LogP contribution in [0, 0.1) is 13.8 Å². The molecule has 1 aliphatic heterocycles. The van der Waals surface area contributed by atoms with Crippen LogP contribution < -0.4 is 5.32 Å². The molecule has 5 heteroatoms. The molecule has 2 aromatic rings. The summed E-state index contributed by atoms with van der Waals surface area (Å²) in [6.07, 6.45) is 2.01.